The lowest BCUT2D eigenvalue weighted by atomic mass is 10.3. The largest absolute Gasteiger partial charge is 0.398 e. The second-order valence-corrected chi connectivity index (χ2v) is 7.11. The SMILES string of the molecule is CCN(CC)C(=O)C(C)NS(=O)(=O)c1ccc(N)c(Br)c1. The van der Waals surface area contributed by atoms with E-state index in [0.29, 0.717) is 23.2 Å². The number of rotatable bonds is 6. The first kappa shape index (κ1) is 17.9. The summed E-state index contributed by atoms with van der Waals surface area (Å²) < 4.78 is 27.4. The molecular formula is C13H20BrN3O3S. The first-order valence-corrected chi connectivity index (χ1v) is 8.86. The van der Waals surface area contributed by atoms with Crippen molar-refractivity contribution in [2.75, 3.05) is 18.8 Å². The standard InChI is InChI=1S/C13H20BrN3O3S/c1-4-17(5-2)13(18)9(3)16-21(19,20)10-6-7-12(15)11(14)8-10/h6-9,16H,4-5,15H2,1-3H3. The number of carbonyl (C=O) groups excluding carboxylic acids is 1. The van der Waals surface area contributed by atoms with Gasteiger partial charge < -0.3 is 10.6 Å². The summed E-state index contributed by atoms with van der Waals surface area (Å²) in [6.45, 7) is 6.30. The van der Waals surface area contributed by atoms with E-state index >= 15 is 0 Å². The molecule has 1 aromatic rings. The first-order chi connectivity index (χ1) is 9.72. The third kappa shape index (κ3) is 4.42. The predicted octanol–water partition coefficient (Wildman–Crippen LogP) is 1.57. The van der Waals surface area contributed by atoms with Crippen molar-refractivity contribution in [1.29, 1.82) is 0 Å². The van der Waals surface area contributed by atoms with Gasteiger partial charge in [-0.25, -0.2) is 8.42 Å². The van der Waals surface area contributed by atoms with Gasteiger partial charge in [-0.05, 0) is 54.9 Å². The fraction of sp³-hybridized carbons (Fsp3) is 0.462. The number of nitrogen functional groups attached to an aromatic ring is 1. The van der Waals surface area contributed by atoms with E-state index < -0.39 is 16.1 Å². The number of nitrogens with two attached hydrogens (primary N) is 1. The Morgan fingerprint density at radius 3 is 2.43 bits per heavy atom. The van der Waals surface area contributed by atoms with E-state index in [-0.39, 0.29) is 10.8 Å². The van der Waals surface area contributed by atoms with Crippen molar-refractivity contribution in [3.8, 4) is 0 Å². The fourth-order valence-electron chi connectivity index (χ4n) is 1.84. The van der Waals surface area contributed by atoms with Crippen LogP contribution in [0.1, 0.15) is 20.8 Å². The second kappa shape index (κ2) is 7.24. The molecule has 0 saturated heterocycles. The molecule has 8 heteroatoms. The number of anilines is 1. The Hall–Kier alpha value is -1.12. The van der Waals surface area contributed by atoms with Crippen LogP contribution >= 0.6 is 15.9 Å². The van der Waals surface area contributed by atoms with Gasteiger partial charge in [0, 0.05) is 23.2 Å². The minimum absolute atomic E-state index is 0.0581. The number of hydrogen-bond donors (Lipinski definition) is 2. The summed E-state index contributed by atoms with van der Waals surface area (Å²) in [6, 6.07) is 3.48. The van der Waals surface area contributed by atoms with Crippen LogP contribution in [-0.2, 0) is 14.8 Å². The molecule has 0 aromatic heterocycles. The van der Waals surface area contributed by atoms with Crippen LogP contribution in [-0.4, -0.2) is 38.4 Å². The van der Waals surface area contributed by atoms with Crippen molar-refractivity contribution in [3.05, 3.63) is 22.7 Å². The van der Waals surface area contributed by atoms with E-state index in [0.717, 1.165) is 0 Å². The van der Waals surface area contributed by atoms with Crippen LogP contribution in [0, 0.1) is 0 Å². The molecule has 0 bridgehead atoms. The van der Waals surface area contributed by atoms with E-state index in [9.17, 15) is 13.2 Å². The molecule has 118 valence electrons. The van der Waals surface area contributed by atoms with Crippen molar-refractivity contribution in [2.24, 2.45) is 0 Å². The van der Waals surface area contributed by atoms with E-state index in [2.05, 4.69) is 20.7 Å². The number of benzene rings is 1. The maximum absolute atomic E-state index is 12.3. The molecule has 0 spiro atoms. The number of hydrogen-bond acceptors (Lipinski definition) is 4. The highest BCUT2D eigenvalue weighted by Crippen LogP contribution is 2.23. The van der Waals surface area contributed by atoms with Gasteiger partial charge in [0.1, 0.15) is 0 Å². The van der Waals surface area contributed by atoms with Gasteiger partial charge >= 0.3 is 0 Å². The van der Waals surface area contributed by atoms with Crippen molar-refractivity contribution >= 4 is 37.5 Å². The lowest BCUT2D eigenvalue weighted by molar-refractivity contribution is -0.132. The van der Waals surface area contributed by atoms with E-state index in [1.54, 1.807) is 4.90 Å². The average molecular weight is 378 g/mol. The topological polar surface area (TPSA) is 92.5 Å². The molecule has 0 radical (unpaired) electrons. The fourth-order valence-corrected chi connectivity index (χ4v) is 3.59. The smallest absolute Gasteiger partial charge is 0.241 e. The zero-order chi connectivity index (χ0) is 16.2. The molecule has 1 rings (SSSR count). The molecule has 0 aliphatic rings. The Kier molecular flexibility index (Phi) is 6.18. The molecule has 0 fully saturated rings. The Balaban J connectivity index is 2.94. The lowest BCUT2D eigenvalue weighted by Crippen LogP contribution is -2.46. The van der Waals surface area contributed by atoms with Gasteiger partial charge in [0.05, 0.1) is 10.9 Å². The molecule has 21 heavy (non-hydrogen) atoms. The summed E-state index contributed by atoms with van der Waals surface area (Å²) in [5.74, 6) is -0.252. The number of amides is 1. The number of likely N-dealkylation sites (N-methyl/N-ethyl adjacent to an activating group) is 1. The molecule has 0 saturated carbocycles. The number of sulfonamides is 1. The molecule has 0 aliphatic heterocycles. The molecule has 0 aliphatic carbocycles. The zero-order valence-electron chi connectivity index (χ0n) is 12.3. The highest BCUT2D eigenvalue weighted by Gasteiger charge is 2.24. The van der Waals surface area contributed by atoms with Crippen LogP contribution in [0.15, 0.2) is 27.6 Å². The minimum atomic E-state index is -3.78. The van der Waals surface area contributed by atoms with Crippen molar-refractivity contribution in [2.45, 2.75) is 31.7 Å². The van der Waals surface area contributed by atoms with Gasteiger partial charge in [-0.1, -0.05) is 0 Å². The predicted molar refractivity (Wildman–Crippen MR) is 86.3 cm³/mol. The van der Waals surface area contributed by atoms with Gasteiger partial charge in [-0.3, -0.25) is 4.79 Å². The average Bonchev–Trinajstić information content (AvgIpc) is 2.42. The number of carbonyl (C=O) groups is 1. The van der Waals surface area contributed by atoms with Gasteiger partial charge in [0.25, 0.3) is 0 Å². The molecule has 1 unspecified atom stereocenters. The number of nitrogens with zero attached hydrogens (tertiary/aromatic N) is 1. The summed E-state index contributed by atoms with van der Waals surface area (Å²) in [5, 5.41) is 0. The van der Waals surface area contributed by atoms with Crippen LogP contribution in [0.2, 0.25) is 0 Å². The number of nitrogens with one attached hydrogen (secondary N) is 1. The second-order valence-electron chi connectivity index (χ2n) is 4.54. The van der Waals surface area contributed by atoms with Crippen molar-refractivity contribution in [3.63, 3.8) is 0 Å². The highest BCUT2D eigenvalue weighted by atomic mass is 79.9. The van der Waals surface area contributed by atoms with Crippen LogP contribution in [0.25, 0.3) is 0 Å². The molecule has 1 aromatic carbocycles. The summed E-state index contributed by atoms with van der Waals surface area (Å²) >= 11 is 3.19. The molecular weight excluding hydrogens is 358 g/mol. The molecule has 3 N–H and O–H groups in total. The van der Waals surface area contributed by atoms with Crippen molar-refractivity contribution in [1.82, 2.24) is 9.62 Å². The van der Waals surface area contributed by atoms with Gasteiger partial charge in [-0.2, -0.15) is 4.72 Å². The summed E-state index contributed by atoms with van der Waals surface area (Å²) in [7, 11) is -3.78. The van der Waals surface area contributed by atoms with Crippen LogP contribution in [0.3, 0.4) is 0 Å². The Morgan fingerprint density at radius 1 is 1.38 bits per heavy atom. The highest BCUT2D eigenvalue weighted by molar-refractivity contribution is 9.10. The third-order valence-electron chi connectivity index (χ3n) is 3.06. The molecule has 1 atom stereocenters. The van der Waals surface area contributed by atoms with Crippen molar-refractivity contribution < 1.29 is 13.2 Å². The maximum atomic E-state index is 12.3. The molecule has 1 amide bonds. The Labute approximate surface area is 133 Å². The number of halogens is 1. The normalized spacial score (nSPS) is 13.0. The monoisotopic (exact) mass is 377 g/mol. The third-order valence-corrected chi connectivity index (χ3v) is 5.28. The van der Waals surface area contributed by atoms with E-state index in [4.69, 9.17) is 5.73 Å². The minimum Gasteiger partial charge on any atom is -0.398 e. The first-order valence-electron chi connectivity index (χ1n) is 6.59. The quantitative estimate of drug-likeness (QED) is 0.735. The summed E-state index contributed by atoms with van der Waals surface area (Å²) in [6.07, 6.45) is 0. The molecule has 0 heterocycles. The van der Waals surface area contributed by atoms with Gasteiger partial charge in [0.15, 0.2) is 0 Å². The summed E-state index contributed by atoms with van der Waals surface area (Å²) in [4.78, 5) is 13.7. The van der Waals surface area contributed by atoms with Crippen LogP contribution < -0.4 is 10.5 Å². The van der Waals surface area contributed by atoms with Gasteiger partial charge in [-0.15, -0.1) is 0 Å². The zero-order valence-corrected chi connectivity index (χ0v) is 14.7. The lowest BCUT2D eigenvalue weighted by Gasteiger charge is -2.23. The van der Waals surface area contributed by atoms with Crippen LogP contribution in [0.5, 0.6) is 0 Å². The van der Waals surface area contributed by atoms with E-state index in [1.165, 1.54) is 25.1 Å². The Morgan fingerprint density at radius 2 is 1.95 bits per heavy atom. The maximum Gasteiger partial charge on any atom is 0.241 e. The summed E-state index contributed by atoms with van der Waals surface area (Å²) in [5.41, 5.74) is 6.08. The van der Waals surface area contributed by atoms with Crippen LogP contribution in [0.4, 0.5) is 5.69 Å². The molecule has 6 nitrogen and oxygen atoms in total. The Bertz CT molecular complexity index is 615. The van der Waals surface area contributed by atoms with E-state index in [1.807, 2.05) is 13.8 Å². The van der Waals surface area contributed by atoms with Gasteiger partial charge in [0.2, 0.25) is 15.9 Å².